The van der Waals surface area contributed by atoms with E-state index in [2.05, 4.69) is 6.92 Å². The summed E-state index contributed by atoms with van der Waals surface area (Å²) in [6.45, 7) is 2.52. The molecule has 0 aliphatic carbocycles. The van der Waals surface area contributed by atoms with Gasteiger partial charge in [0, 0.05) is 10.8 Å². The molecule has 0 aromatic heterocycles. The van der Waals surface area contributed by atoms with Crippen molar-refractivity contribution in [1.82, 2.24) is 0 Å². The average Bonchev–Trinajstić information content (AvgIpc) is 2.56. The Morgan fingerprint density at radius 3 is 2.32 bits per heavy atom. The topological polar surface area (TPSA) is 38.7 Å². The van der Waals surface area contributed by atoms with Gasteiger partial charge in [0.15, 0.2) is 0 Å². The first-order chi connectivity index (χ1) is 10.8. The van der Waals surface area contributed by atoms with E-state index in [1.165, 1.54) is 19.3 Å². The van der Waals surface area contributed by atoms with Crippen molar-refractivity contribution in [3.63, 3.8) is 0 Å². The maximum atomic E-state index is 10.0. The largest absolute Gasteiger partial charge is 0.496 e. The number of aliphatic hydroxyl groups excluding tert-OH is 1. The van der Waals surface area contributed by atoms with Crippen molar-refractivity contribution in [3.8, 4) is 11.5 Å². The van der Waals surface area contributed by atoms with E-state index >= 15 is 0 Å². The molecule has 0 saturated carbocycles. The first kappa shape index (κ1) is 16.6. The van der Waals surface area contributed by atoms with Crippen LogP contribution in [0.15, 0.2) is 36.4 Å². The van der Waals surface area contributed by atoms with Crippen LogP contribution in [0, 0.1) is 0 Å². The highest BCUT2D eigenvalue weighted by Gasteiger charge is 2.09. The number of benzene rings is 2. The highest BCUT2D eigenvalue weighted by molar-refractivity contribution is 5.93. The third kappa shape index (κ3) is 4.38. The Hall–Kier alpha value is -1.74. The molecule has 0 bridgehead atoms. The third-order valence-electron chi connectivity index (χ3n) is 3.89. The molecule has 0 spiro atoms. The Morgan fingerprint density at radius 2 is 1.64 bits per heavy atom. The molecule has 0 heterocycles. The summed E-state index contributed by atoms with van der Waals surface area (Å²) in [5.74, 6) is 1.63. The van der Waals surface area contributed by atoms with Gasteiger partial charge in [-0.2, -0.15) is 0 Å². The molecule has 2 rings (SSSR count). The molecule has 0 amide bonds. The van der Waals surface area contributed by atoms with Crippen molar-refractivity contribution < 1.29 is 14.6 Å². The minimum atomic E-state index is -0.405. The predicted molar refractivity (Wildman–Crippen MR) is 90.8 cm³/mol. The van der Waals surface area contributed by atoms with E-state index in [-0.39, 0.29) is 0 Å². The highest BCUT2D eigenvalue weighted by atomic mass is 16.5. The van der Waals surface area contributed by atoms with E-state index in [1.807, 2.05) is 36.4 Å². The molecule has 0 radical (unpaired) electrons. The molecule has 3 heteroatoms. The molecule has 1 unspecified atom stereocenters. The lowest BCUT2D eigenvalue weighted by Crippen LogP contribution is -2.17. The summed E-state index contributed by atoms with van der Waals surface area (Å²) >= 11 is 0. The number of fused-ring (bicyclic) bond motifs is 1. The van der Waals surface area contributed by atoms with Crippen LogP contribution in [0.4, 0.5) is 0 Å². The normalized spacial score (nSPS) is 12.3. The Bertz CT molecular complexity index is 580. The molecular weight excluding hydrogens is 276 g/mol. The van der Waals surface area contributed by atoms with Crippen LogP contribution in [-0.2, 0) is 0 Å². The van der Waals surface area contributed by atoms with Gasteiger partial charge in [-0.25, -0.2) is 0 Å². The summed E-state index contributed by atoms with van der Waals surface area (Å²) in [5.41, 5.74) is 0. The van der Waals surface area contributed by atoms with E-state index in [9.17, 15) is 5.11 Å². The van der Waals surface area contributed by atoms with Crippen LogP contribution in [0.3, 0.4) is 0 Å². The van der Waals surface area contributed by atoms with Gasteiger partial charge in [-0.1, -0.05) is 56.9 Å². The number of aliphatic hydroxyl groups is 1. The molecule has 3 nitrogen and oxygen atoms in total. The van der Waals surface area contributed by atoms with Crippen molar-refractivity contribution in [3.05, 3.63) is 36.4 Å². The first-order valence-corrected chi connectivity index (χ1v) is 8.13. The SMILES string of the molecule is CCCCCCC(O)COc1ccc(OC)c2ccccc12. The van der Waals surface area contributed by atoms with Gasteiger partial charge in [-0.05, 0) is 18.6 Å². The maximum absolute atomic E-state index is 10.0. The number of hydrogen-bond acceptors (Lipinski definition) is 3. The van der Waals surface area contributed by atoms with Crippen LogP contribution >= 0.6 is 0 Å². The van der Waals surface area contributed by atoms with Crippen molar-refractivity contribution in [2.75, 3.05) is 13.7 Å². The second-order valence-corrected chi connectivity index (χ2v) is 5.63. The highest BCUT2D eigenvalue weighted by Crippen LogP contribution is 2.32. The van der Waals surface area contributed by atoms with Gasteiger partial charge in [-0.15, -0.1) is 0 Å². The molecule has 22 heavy (non-hydrogen) atoms. The standard InChI is InChI=1S/C19H26O3/c1-3-4-5-6-9-15(20)14-22-19-13-12-18(21-2)16-10-7-8-11-17(16)19/h7-8,10-13,15,20H,3-6,9,14H2,1-2H3. The fraction of sp³-hybridized carbons (Fsp3) is 0.474. The van der Waals surface area contributed by atoms with Gasteiger partial charge in [0.1, 0.15) is 18.1 Å². The van der Waals surface area contributed by atoms with E-state index in [0.717, 1.165) is 35.1 Å². The van der Waals surface area contributed by atoms with Crippen LogP contribution < -0.4 is 9.47 Å². The molecule has 0 saturated heterocycles. The predicted octanol–water partition coefficient (Wildman–Crippen LogP) is 4.56. The lowest BCUT2D eigenvalue weighted by Gasteiger charge is -2.15. The van der Waals surface area contributed by atoms with Crippen LogP contribution in [0.5, 0.6) is 11.5 Å². The number of hydrogen-bond donors (Lipinski definition) is 1. The molecule has 1 N–H and O–H groups in total. The molecule has 0 aliphatic rings. The minimum absolute atomic E-state index is 0.336. The fourth-order valence-corrected chi connectivity index (χ4v) is 2.62. The second-order valence-electron chi connectivity index (χ2n) is 5.63. The monoisotopic (exact) mass is 302 g/mol. The second kappa shape index (κ2) is 8.64. The van der Waals surface area contributed by atoms with Gasteiger partial charge in [0.25, 0.3) is 0 Å². The molecule has 0 aliphatic heterocycles. The molecule has 120 valence electrons. The van der Waals surface area contributed by atoms with Gasteiger partial charge in [0.05, 0.1) is 13.2 Å². The van der Waals surface area contributed by atoms with Crippen LogP contribution in [-0.4, -0.2) is 24.9 Å². The zero-order valence-corrected chi connectivity index (χ0v) is 13.5. The number of unbranched alkanes of at least 4 members (excludes halogenated alkanes) is 3. The Kier molecular flexibility index (Phi) is 6.53. The summed E-state index contributed by atoms with van der Waals surface area (Å²) < 4.78 is 11.2. The smallest absolute Gasteiger partial charge is 0.127 e. The summed E-state index contributed by atoms with van der Waals surface area (Å²) in [4.78, 5) is 0. The summed E-state index contributed by atoms with van der Waals surface area (Å²) in [6, 6.07) is 11.8. The van der Waals surface area contributed by atoms with Crippen LogP contribution in [0.25, 0.3) is 10.8 Å². The van der Waals surface area contributed by atoms with Gasteiger partial charge < -0.3 is 14.6 Å². The van der Waals surface area contributed by atoms with Crippen molar-refractivity contribution in [2.24, 2.45) is 0 Å². The fourth-order valence-electron chi connectivity index (χ4n) is 2.62. The summed E-state index contributed by atoms with van der Waals surface area (Å²) in [5, 5.41) is 12.1. The Labute approximate surface area is 132 Å². The third-order valence-corrected chi connectivity index (χ3v) is 3.89. The summed E-state index contributed by atoms with van der Waals surface area (Å²) in [6.07, 6.45) is 5.08. The summed E-state index contributed by atoms with van der Waals surface area (Å²) in [7, 11) is 1.67. The average molecular weight is 302 g/mol. The Morgan fingerprint density at radius 1 is 0.955 bits per heavy atom. The zero-order valence-electron chi connectivity index (χ0n) is 13.5. The zero-order chi connectivity index (χ0) is 15.8. The van der Waals surface area contributed by atoms with Gasteiger partial charge >= 0.3 is 0 Å². The van der Waals surface area contributed by atoms with Crippen LogP contribution in [0.1, 0.15) is 39.0 Å². The van der Waals surface area contributed by atoms with E-state index in [4.69, 9.17) is 9.47 Å². The number of ether oxygens (including phenoxy) is 2. The van der Waals surface area contributed by atoms with Gasteiger partial charge in [-0.3, -0.25) is 0 Å². The Balaban J connectivity index is 1.97. The molecule has 2 aromatic carbocycles. The van der Waals surface area contributed by atoms with E-state index in [0.29, 0.717) is 6.61 Å². The van der Waals surface area contributed by atoms with Crippen molar-refractivity contribution in [1.29, 1.82) is 0 Å². The molecule has 1 atom stereocenters. The van der Waals surface area contributed by atoms with E-state index < -0.39 is 6.10 Å². The molecule has 2 aromatic rings. The molecular formula is C19H26O3. The lowest BCUT2D eigenvalue weighted by molar-refractivity contribution is 0.0982. The van der Waals surface area contributed by atoms with Gasteiger partial charge in [0.2, 0.25) is 0 Å². The number of methoxy groups -OCH3 is 1. The molecule has 0 fully saturated rings. The maximum Gasteiger partial charge on any atom is 0.127 e. The lowest BCUT2D eigenvalue weighted by atomic mass is 10.1. The quantitative estimate of drug-likeness (QED) is 0.690. The van der Waals surface area contributed by atoms with Crippen molar-refractivity contribution >= 4 is 10.8 Å². The van der Waals surface area contributed by atoms with Crippen LogP contribution in [0.2, 0.25) is 0 Å². The first-order valence-electron chi connectivity index (χ1n) is 8.13. The number of rotatable bonds is 9. The minimum Gasteiger partial charge on any atom is -0.496 e. The van der Waals surface area contributed by atoms with E-state index in [1.54, 1.807) is 7.11 Å². The van der Waals surface area contributed by atoms with Crippen molar-refractivity contribution in [2.45, 2.75) is 45.1 Å².